The van der Waals surface area contributed by atoms with Gasteiger partial charge < -0.3 is 20.3 Å². The molecule has 0 aliphatic rings. The van der Waals surface area contributed by atoms with Gasteiger partial charge in [-0.2, -0.15) is 11.8 Å². The average Bonchev–Trinajstić information content (AvgIpc) is 2.72. The lowest BCUT2D eigenvalue weighted by Crippen LogP contribution is -2.55. The molecule has 1 aromatic rings. The van der Waals surface area contributed by atoms with Crippen molar-refractivity contribution in [3.8, 4) is 0 Å². The predicted octanol–water partition coefficient (Wildman–Crippen LogP) is 4.78. The van der Waals surface area contributed by atoms with Crippen LogP contribution in [0.5, 0.6) is 0 Å². The zero-order valence-electron chi connectivity index (χ0n) is 21.8. The van der Waals surface area contributed by atoms with Crippen LogP contribution in [0.4, 0.5) is 4.79 Å². The van der Waals surface area contributed by atoms with Gasteiger partial charge >= 0.3 is 6.09 Å². The van der Waals surface area contributed by atoms with Crippen molar-refractivity contribution in [2.24, 2.45) is 0 Å². The van der Waals surface area contributed by atoms with Gasteiger partial charge in [0, 0.05) is 12.1 Å². The molecule has 0 heterocycles. The summed E-state index contributed by atoms with van der Waals surface area (Å²) in [6.07, 6.45) is 3.39. The van der Waals surface area contributed by atoms with Gasteiger partial charge in [0.05, 0.1) is 0 Å². The third-order valence-corrected chi connectivity index (χ3v) is 5.47. The summed E-state index contributed by atoms with van der Waals surface area (Å²) in [6, 6.07) is 5.31. The maximum atomic E-state index is 13.9. The summed E-state index contributed by atoms with van der Waals surface area (Å²) in [7, 11) is 0. The molecule has 0 aliphatic carbocycles. The second kappa shape index (κ2) is 13.4. The Balaban J connectivity index is 3.46. The van der Waals surface area contributed by atoms with Crippen LogP contribution in [-0.2, 0) is 14.3 Å². The van der Waals surface area contributed by atoms with E-state index < -0.39 is 23.8 Å². The molecule has 0 aliphatic heterocycles. The van der Waals surface area contributed by atoms with Gasteiger partial charge in [0.25, 0.3) is 0 Å². The first-order valence-electron chi connectivity index (χ1n) is 11.6. The highest BCUT2D eigenvalue weighted by molar-refractivity contribution is 7.98. The lowest BCUT2D eigenvalue weighted by atomic mass is 9.98. The van der Waals surface area contributed by atoms with E-state index in [1.165, 1.54) is 0 Å². The predicted molar refractivity (Wildman–Crippen MR) is 141 cm³/mol. The first-order chi connectivity index (χ1) is 15.8. The van der Waals surface area contributed by atoms with E-state index in [1.54, 1.807) is 43.5 Å². The van der Waals surface area contributed by atoms with Gasteiger partial charge in [0.15, 0.2) is 0 Å². The SMILES string of the molecule is C=Cc1cccc(C(C(=O)NC(C)C)N(C(=O)C(CCSC)NC(=O)OC(C)(C)C)C(C)C)c1. The molecule has 0 saturated heterocycles. The van der Waals surface area contributed by atoms with E-state index in [0.717, 1.165) is 5.56 Å². The molecule has 8 heteroatoms. The second-order valence-corrected chi connectivity index (χ2v) is 10.7. The van der Waals surface area contributed by atoms with Crippen molar-refractivity contribution < 1.29 is 19.1 Å². The molecule has 2 N–H and O–H groups in total. The molecule has 1 aromatic carbocycles. The van der Waals surface area contributed by atoms with Crippen molar-refractivity contribution in [2.45, 2.75) is 84.7 Å². The van der Waals surface area contributed by atoms with E-state index in [9.17, 15) is 14.4 Å². The Morgan fingerprint density at radius 1 is 1.15 bits per heavy atom. The highest BCUT2D eigenvalue weighted by Crippen LogP contribution is 2.27. The highest BCUT2D eigenvalue weighted by atomic mass is 32.2. The largest absolute Gasteiger partial charge is 0.444 e. The number of hydrogen-bond donors (Lipinski definition) is 2. The lowest BCUT2D eigenvalue weighted by molar-refractivity contribution is -0.144. The number of thioether (sulfide) groups is 1. The number of hydrogen-bond acceptors (Lipinski definition) is 5. The molecule has 7 nitrogen and oxygen atoms in total. The fraction of sp³-hybridized carbons (Fsp3) is 0.577. The minimum atomic E-state index is -0.869. The number of alkyl carbamates (subject to hydrolysis) is 1. The molecule has 1 rings (SSSR count). The van der Waals surface area contributed by atoms with Crippen LogP contribution >= 0.6 is 11.8 Å². The van der Waals surface area contributed by atoms with Crippen LogP contribution in [-0.4, -0.2) is 58.5 Å². The molecular weight excluding hydrogens is 450 g/mol. The van der Waals surface area contributed by atoms with E-state index in [-0.39, 0.29) is 23.9 Å². The van der Waals surface area contributed by atoms with Gasteiger partial charge in [-0.1, -0.05) is 30.9 Å². The maximum absolute atomic E-state index is 13.9. The molecule has 0 radical (unpaired) electrons. The lowest BCUT2D eigenvalue weighted by Gasteiger charge is -2.37. The Morgan fingerprint density at radius 2 is 1.79 bits per heavy atom. The molecule has 34 heavy (non-hydrogen) atoms. The fourth-order valence-electron chi connectivity index (χ4n) is 3.46. The van der Waals surface area contributed by atoms with E-state index >= 15 is 0 Å². The molecule has 0 spiro atoms. The van der Waals surface area contributed by atoms with Crippen LogP contribution in [0.2, 0.25) is 0 Å². The number of carbonyl (C=O) groups excluding carboxylic acids is 3. The van der Waals surface area contributed by atoms with Gasteiger partial charge in [-0.05, 0) is 84.1 Å². The normalized spacial score (nSPS) is 13.2. The van der Waals surface area contributed by atoms with E-state index in [0.29, 0.717) is 17.7 Å². The third kappa shape index (κ3) is 9.41. The Labute approximate surface area is 209 Å². The Hall–Kier alpha value is -2.48. The van der Waals surface area contributed by atoms with E-state index in [2.05, 4.69) is 17.2 Å². The molecule has 0 fully saturated rings. The summed E-state index contributed by atoms with van der Waals surface area (Å²) in [5.74, 6) is 0.0504. The molecule has 190 valence electrons. The average molecular weight is 492 g/mol. The number of carbonyl (C=O) groups is 3. The topological polar surface area (TPSA) is 87.7 Å². The summed E-state index contributed by atoms with van der Waals surface area (Å²) in [6.45, 7) is 16.6. The first kappa shape index (κ1) is 29.6. The smallest absolute Gasteiger partial charge is 0.408 e. The maximum Gasteiger partial charge on any atom is 0.408 e. The number of amides is 3. The fourth-order valence-corrected chi connectivity index (χ4v) is 3.93. The quantitative estimate of drug-likeness (QED) is 0.465. The monoisotopic (exact) mass is 491 g/mol. The van der Waals surface area contributed by atoms with Crippen molar-refractivity contribution in [3.63, 3.8) is 0 Å². The Kier molecular flexibility index (Phi) is 11.7. The standard InChI is InChI=1S/C26H41N3O4S/c1-10-19-12-11-13-20(16-19)22(23(30)27-17(2)3)29(18(4)5)24(31)21(14-15-34-9)28-25(32)33-26(6,7)8/h10-13,16-18,21-22H,1,14-15H2,2-9H3,(H,27,30)(H,28,32). The molecule has 0 bridgehead atoms. The minimum Gasteiger partial charge on any atom is -0.444 e. The Morgan fingerprint density at radius 3 is 2.29 bits per heavy atom. The number of ether oxygens (including phenoxy) is 1. The molecule has 2 atom stereocenters. The zero-order chi connectivity index (χ0) is 26.1. The van der Waals surface area contributed by atoms with Crippen LogP contribution < -0.4 is 10.6 Å². The molecule has 2 unspecified atom stereocenters. The van der Waals surface area contributed by atoms with Gasteiger partial charge in [-0.3, -0.25) is 9.59 Å². The summed E-state index contributed by atoms with van der Waals surface area (Å²) in [5.41, 5.74) is 0.833. The number of benzene rings is 1. The van der Waals surface area contributed by atoms with E-state index in [1.807, 2.05) is 58.2 Å². The molecule has 0 saturated carbocycles. The van der Waals surface area contributed by atoms with Crippen LogP contribution in [0.3, 0.4) is 0 Å². The summed E-state index contributed by atoms with van der Waals surface area (Å²) in [4.78, 5) is 41.4. The van der Waals surface area contributed by atoms with Crippen molar-refractivity contribution in [3.05, 3.63) is 42.0 Å². The second-order valence-electron chi connectivity index (χ2n) is 9.76. The summed E-state index contributed by atoms with van der Waals surface area (Å²) < 4.78 is 5.40. The molecule has 0 aromatic heterocycles. The summed E-state index contributed by atoms with van der Waals surface area (Å²) in [5, 5.41) is 5.69. The van der Waals surface area contributed by atoms with Crippen molar-refractivity contribution >= 4 is 35.7 Å². The van der Waals surface area contributed by atoms with Crippen LogP contribution in [0, 0.1) is 0 Å². The van der Waals surface area contributed by atoms with Gasteiger partial charge in [0.2, 0.25) is 11.8 Å². The minimum absolute atomic E-state index is 0.103. The molecular formula is C26H41N3O4S. The van der Waals surface area contributed by atoms with Crippen LogP contribution in [0.15, 0.2) is 30.8 Å². The number of nitrogens with one attached hydrogen (secondary N) is 2. The van der Waals surface area contributed by atoms with Gasteiger partial charge in [-0.25, -0.2) is 4.79 Å². The molecule has 3 amide bonds. The zero-order valence-corrected chi connectivity index (χ0v) is 22.6. The van der Waals surface area contributed by atoms with Crippen molar-refractivity contribution in [1.29, 1.82) is 0 Å². The van der Waals surface area contributed by atoms with Gasteiger partial charge in [-0.15, -0.1) is 0 Å². The van der Waals surface area contributed by atoms with Gasteiger partial charge in [0.1, 0.15) is 17.7 Å². The van der Waals surface area contributed by atoms with E-state index in [4.69, 9.17) is 4.74 Å². The van der Waals surface area contributed by atoms with Crippen molar-refractivity contribution in [2.75, 3.05) is 12.0 Å². The highest BCUT2D eigenvalue weighted by Gasteiger charge is 2.37. The number of rotatable bonds is 11. The van der Waals surface area contributed by atoms with Crippen LogP contribution in [0.25, 0.3) is 6.08 Å². The Bertz CT molecular complexity index is 849. The first-order valence-corrected chi connectivity index (χ1v) is 13.0. The van der Waals surface area contributed by atoms with Crippen LogP contribution in [0.1, 0.15) is 72.1 Å². The van der Waals surface area contributed by atoms with Crippen molar-refractivity contribution in [1.82, 2.24) is 15.5 Å². The summed E-state index contributed by atoms with van der Waals surface area (Å²) >= 11 is 1.58. The number of nitrogens with zero attached hydrogens (tertiary/aromatic N) is 1. The third-order valence-electron chi connectivity index (χ3n) is 4.83.